The highest BCUT2D eigenvalue weighted by atomic mass is 35.5. The van der Waals surface area contributed by atoms with Gasteiger partial charge in [-0.15, -0.1) is 0 Å². The van der Waals surface area contributed by atoms with Crippen molar-refractivity contribution in [3.63, 3.8) is 0 Å². The van der Waals surface area contributed by atoms with Gasteiger partial charge in [0.15, 0.2) is 0 Å². The lowest BCUT2D eigenvalue weighted by Gasteiger charge is -2.18. The molecule has 88 valence electrons. The van der Waals surface area contributed by atoms with Gasteiger partial charge < -0.3 is 10.4 Å². The predicted octanol–water partition coefficient (Wildman–Crippen LogP) is 2.68. The average Bonchev–Trinajstić information content (AvgIpc) is 3.05. The topological polar surface area (TPSA) is 32.3 Å². The van der Waals surface area contributed by atoms with Gasteiger partial charge in [-0.1, -0.05) is 17.7 Å². The Bertz CT molecular complexity index is 363. The molecule has 3 heteroatoms. The van der Waals surface area contributed by atoms with Gasteiger partial charge in [0.1, 0.15) is 0 Å². The van der Waals surface area contributed by atoms with Crippen LogP contribution < -0.4 is 5.32 Å². The van der Waals surface area contributed by atoms with Gasteiger partial charge in [0.2, 0.25) is 0 Å². The maximum Gasteiger partial charge on any atom is 0.0626 e. The van der Waals surface area contributed by atoms with Crippen molar-refractivity contribution in [2.45, 2.75) is 25.8 Å². The minimum absolute atomic E-state index is 0.0397. The van der Waals surface area contributed by atoms with Crippen molar-refractivity contribution in [2.75, 3.05) is 13.2 Å². The Kier molecular flexibility index (Phi) is 3.85. The molecule has 0 aromatic heterocycles. The molecule has 1 fully saturated rings. The largest absolute Gasteiger partial charge is 0.394 e. The van der Waals surface area contributed by atoms with Crippen molar-refractivity contribution in [3.05, 3.63) is 34.3 Å². The Morgan fingerprint density at radius 1 is 1.50 bits per heavy atom. The molecule has 1 saturated carbocycles. The molecular formula is C13H18ClNO. The normalized spacial score (nSPS) is 17.4. The quantitative estimate of drug-likeness (QED) is 0.828. The first-order valence-corrected chi connectivity index (χ1v) is 6.19. The standard InChI is InChI=1S/C13H18ClNO/c1-9-6-11(14)4-5-12(9)13(8-16)15-7-10-2-3-10/h4-6,10,13,15-16H,2-3,7-8H2,1H3. The van der Waals surface area contributed by atoms with E-state index in [0.717, 1.165) is 28.6 Å². The number of nitrogens with one attached hydrogen (secondary N) is 1. The van der Waals surface area contributed by atoms with Crippen molar-refractivity contribution < 1.29 is 5.11 Å². The van der Waals surface area contributed by atoms with Gasteiger partial charge in [0, 0.05) is 5.02 Å². The van der Waals surface area contributed by atoms with E-state index in [1.165, 1.54) is 12.8 Å². The second-order valence-corrected chi connectivity index (χ2v) is 5.02. The summed E-state index contributed by atoms with van der Waals surface area (Å²) in [4.78, 5) is 0. The van der Waals surface area contributed by atoms with Crippen LogP contribution in [0.4, 0.5) is 0 Å². The van der Waals surface area contributed by atoms with Crippen molar-refractivity contribution in [3.8, 4) is 0 Å². The summed E-state index contributed by atoms with van der Waals surface area (Å²) in [6.45, 7) is 3.17. The van der Waals surface area contributed by atoms with E-state index in [9.17, 15) is 5.11 Å². The number of hydrogen-bond donors (Lipinski definition) is 2. The van der Waals surface area contributed by atoms with Crippen LogP contribution in [-0.4, -0.2) is 18.3 Å². The number of hydrogen-bond acceptors (Lipinski definition) is 2. The van der Waals surface area contributed by atoms with Gasteiger partial charge in [-0.25, -0.2) is 0 Å². The summed E-state index contributed by atoms with van der Waals surface area (Å²) in [5, 5.41) is 13.6. The van der Waals surface area contributed by atoms with Crippen LogP contribution in [0.25, 0.3) is 0 Å². The minimum atomic E-state index is 0.0397. The fourth-order valence-corrected chi connectivity index (χ4v) is 2.16. The van der Waals surface area contributed by atoms with Crippen LogP contribution in [0.2, 0.25) is 5.02 Å². The van der Waals surface area contributed by atoms with Crippen molar-refractivity contribution in [2.24, 2.45) is 5.92 Å². The summed E-state index contributed by atoms with van der Waals surface area (Å²) in [7, 11) is 0. The predicted molar refractivity (Wildman–Crippen MR) is 66.7 cm³/mol. The Morgan fingerprint density at radius 2 is 2.25 bits per heavy atom. The molecule has 1 aromatic carbocycles. The van der Waals surface area contributed by atoms with Crippen LogP contribution in [0.3, 0.4) is 0 Å². The van der Waals surface area contributed by atoms with Crippen LogP contribution in [0.1, 0.15) is 30.0 Å². The van der Waals surface area contributed by atoms with Crippen molar-refractivity contribution >= 4 is 11.6 Å². The van der Waals surface area contributed by atoms with Gasteiger partial charge in [0.05, 0.1) is 12.6 Å². The summed E-state index contributed by atoms with van der Waals surface area (Å²) < 4.78 is 0. The Morgan fingerprint density at radius 3 is 2.81 bits per heavy atom. The summed E-state index contributed by atoms with van der Waals surface area (Å²) in [5.74, 6) is 0.821. The second-order valence-electron chi connectivity index (χ2n) is 4.59. The van der Waals surface area contributed by atoms with Crippen LogP contribution in [0.15, 0.2) is 18.2 Å². The summed E-state index contributed by atoms with van der Waals surface area (Å²) in [6, 6.07) is 5.86. The van der Waals surface area contributed by atoms with Gasteiger partial charge in [0.25, 0.3) is 0 Å². The highest BCUT2D eigenvalue weighted by Gasteiger charge is 2.22. The first-order chi connectivity index (χ1) is 7.70. The molecule has 2 rings (SSSR count). The van der Waals surface area contributed by atoms with Gasteiger partial charge in [-0.05, 0) is 55.5 Å². The molecule has 0 radical (unpaired) electrons. The molecule has 0 saturated heterocycles. The highest BCUT2D eigenvalue weighted by molar-refractivity contribution is 6.30. The van der Waals surface area contributed by atoms with E-state index >= 15 is 0 Å². The molecule has 0 spiro atoms. The SMILES string of the molecule is Cc1cc(Cl)ccc1C(CO)NCC1CC1. The molecule has 1 aliphatic carbocycles. The Balaban J connectivity index is 2.05. The van der Waals surface area contributed by atoms with E-state index in [-0.39, 0.29) is 12.6 Å². The molecule has 0 amide bonds. The van der Waals surface area contributed by atoms with Gasteiger partial charge in [-0.3, -0.25) is 0 Å². The number of aliphatic hydroxyl groups excluding tert-OH is 1. The van der Waals surface area contributed by atoms with Crippen LogP contribution in [-0.2, 0) is 0 Å². The maximum atomic E-state index is 9.41. The Labute approximate surface area is 102 Å². The van der Waals surface area contributed by atoms with Crippen LogP contribution in [0.5, 0.6) is 0 Å². The first-order valence-electron chi connectivity index (χ1n) is 5.81. The van der Waals surface area contributed by atoms with E-state index in [1.807, 2.05) is 25.1 Å². The molecule has 0 aliphatic heterocycles. The van der Waals surface area contributed by atoms with E-state index < -0.39 is 0 Å². The first kappa shape index (κ1) is 11.9. The molecular weight excluding hydrogens is 222 g/mol. The number of aliphatic hydroxyl groups is 1. The number of aryl methyl sites for hydroxylation is 1. The lowest BCUT2D eigenvalue weighted by Crippen LogP contribution is -2.27. The van der Waals surface area contributed by atoms with E-state index in [1.54, 1.807) is 0 Å². The fraction of sp³-hybridized carbons (Fsp3) is 0.538. The van der Waals surface area contributed by atoms with E-state index in [2.05, 4.69) is 5.32 Å². The van der Waals surface area contributed by atoms with Gasteiger partial charge in [-0.2, -0.15) is 0 Å². The molecule has 2 nitrogen and oxygen atoms in total. The summed E-state index contributed by atoms with van der Waals surface area (Å²) in [5.41, 5.74) is 2.28. The van der Waals surface area contributed by atoms with E-state index in [0.29, 0.717) is 0 Å². The van der Waals surface area contributed by atoms with Crippen LogP contribution in [0, 0.1) is 12.8 Å². The molecule has 1 aliphatic rings. The molecule has 1 atom stereocenters. The van der Waals surface area contributed by atoms with Gasteiger partial charge >= 0.3 is 0 Å². The lowest BCUT2D eigenvalue weighted by atomic mass is 10.0. The zero-order valence-corrected chi connectivity index (χ0v) is 10.3. The number of halogens is 1. The van der Waals surface area contributed by atoms with Crippen LogP contribution >= 0.6 is 11.6 Å². The van der Waals surface area contributed by atoms with Crippen molar-refractivity contribution in [1.29, 1.82) is 0 Å². The third kappa shape index (κ3) is 2.97. The average molecular weight is 240 g/mol. The maximum absolute atomic E-state index is 9.41. The fourth-order valence-electron chi connectivity index (χ4n) is 1.93. The zero-order chi connectivity index (χ0) is 11.5. The molecule has 1 unspecified atom stereocenters. The third-order valence-corrected chi connectivity index (χ3v) is 3.37. The second kappa shape index (κ2) is 5.17. The molecule has 0 heterocycles. The Hall–Kier alpha value is -0.570. The summed E-state index contributed by atoms with van der Waals surface area (Å²) in [6.07, 6.45) is 2.65. The minimum Gasteiger partial charge on any atom is -0.394 e. The zero-order valence-electron chi connectivity index (χ0n) is 9.54. The summed E-state index contributed by atoms with van der Waals surface area (Å²) >= 11 is 5.92. The third-order valence-electron chi connectivity index (χ3n) is 3.14. The molecule has 1 aromatic rings. The van der Waals surface area contributed by atoms with E-state index in [4.69, 9.17) is 11.6 Å². The number of rotatable bonds is 5. The molecule has 0 bridgehead atoms. The lowest BCUT2D eigenvalue weighted by molar-refractivity contribution is 0.243. The molecule has 16 heavy (non-hydrogen) atoms. The van der Waals surface area contributed by atoms with Crippen molar-refractivity contribution in [1.82, 2.24) is 5.32 Å². The smallest absolute Gasteiger partial charge is 0.0626 e. The molecule has 2 N–H and O–H groups in total. The highest BCUT2D eigenvalue weighted by Crippen LogP contribution is 2.29. The monoisotopic (exact) mass is 239 g/mol. The number of benzene rings is 1.